The van der Waals surface area contributed by atoms with E-state index in [1.807, 2.05) is 52.1 Å². The van der Waals surface area contributed by atoms with Crippen molar-refractivity contribution in [2.45, 2.75) is 4.90 Å². The molecule has 0 atom stereocenters. The van der Waals surface area contributed by atoms with Crippen LogP contribution < -0.4 is 9.66 Å². The van der Waals surface area contributed by atoms with E-state index in [1.165, 1.54) is 30.3 Å². The maximum Gasteiger partial charge on any atom is 0.254 e. The van der Waals surface area contributed by atoms with Gasteiger partial charge in [-0.3, -0.25) is 0 Å². The largest absolute Gasteiger partial charge is 0.456 e. The normalized spacial score (nSPS) is 12.5. The highest BCUT2D eigenvalue weighted by molar-refractivity contribution is 7.94. The summed E-state index contributed by atoms with van der Waals surface area (Å²) in [6, 6.07) is 24.0. The molecule has 1 aliphatic carbocycles. The Morgan fingerprint density at radius 2 is 1.42 bits per heavy atom. The summed E-state index contributed by atoms with van der Waals surface area (Å²) in [5.74, 6) is 1.30. The van der Waals surface area contributed by atoms with Gasteiger partial charge in [-0.25, -0.2) is 16.8 Å². The lowest BCUT2D eigenvalue weighted by atomic mass is 10.0. The van der Waals surface area contributed by atoms with Crippen LogP contribution in [0.3, 0.4) is 0 Å². The van der Waals surface area contributed by atoms with Crippen molar-refractivity contribution in [3.8, 4) is 22.6 Å². The minimum atomic E-state index is -4.10. The van der Waals surface area contributed by atoms with Gasteiger partial charge in [0.25, 0.3) is 10.0 Å². The van der Waals surface area contributed by atoms with E-state index >= 15 is 0 Å². The molecule has 2 aromatic rings. The highest BCUT2D eigenvalue weighted by atomic mass is 32.2. The quantitative estimate of drug-likeness (QED) is 0.413. The van der Waals surface area contributed by atoms with Crippen molar-refractivity contribution < 1.29 is 21.3 Å². The van der Waals surface area contributed by atoms with Gasteiger partial charge in [-0.2, -0.15) is 0 Å². The molecule has 0 amide bonds. The van der Waals surface area contributed by atoms with Crippen LogP contribution in [0.4, 0.5) is 0 Å². The number of nitrogens with one attached hydrogen (secondary N) is 2. The Morgan fingerprint density at radius 3 is 2.23 bits per heavy atom. The molecule has 1 heterocycles. The minimum absolute atomic E-state index is 0.0588. The Kier molecular flexibility index (Phi) is 5.75. The van der Waals surface area contributed by atoms with Crippen molar-refractivity contribution >= 4 is 26.1 Å². The number of sulfonamides is 2. The molecule has 7 nitrogen and oxygen atoms in total. The van der Waals surface area contributed by atoms with E-state index < -0.39 is 20.0 Å². The van der Waals surface area contributed by atoms with E-state index in [4.69, 9.17) is 4.42 Å². The van der Waals surface area contributed by atoms with Crippen LogP contribution in [0, 0.1) is 0 Å². The lowest BCUT2D eigenvalue weighted by molar-refractivity contribution is 0.562. The summed E-state index contributed by atoms with van der Waals surface area (Å²) in [7, 11) is -8.13. The molecule has 1 aliphatic heterocycles. The minimum Gasteiger partial charge on any atom is -0.456 e. The van der Waals surface area contributed by atoms with Crippen molar-refractivity contribution in [3.05, 3.63) is 95.9 Å². The van der Waals surface area contributed by atoms with E-state index in [1.54, 1.807) is 18.2 Å². The highest BCUT2D eigenvalue weighted by Crippen LogP contribution is 2.31. The van der Waals surface area contributed by atoms with Crippen molar-refractivity contribution in [1.82, 2.24) is 9.66 Å². The standard InChI is InChI=1S/C22H18N2O5S2/c25-30(26,23-24-31(27,28)19-9-2-1-3-10-19)16-15-17-7-4-5-11-20(17)22-14-13-18-8-6-12-21(18)29-22/h1-16,23-24H/b16-15+. The Labute approximate surface area is 180 Å². The lowest BCUT2D eigenvalue weighted by Crippen LogP contribution is -2.40. The third kappa shape index (κ3) is 4.92. The van der Waals surface area contributed by atoms with Crippen molar-refractivity contribution in [3.63, 3.8) is 0 Å². The van der Waals surface area contributed by atoms with Gasteiger partial charge >= 0.3 is 0 Å². The van der Waals surface area contributed by atoms with Gasteiger partial charge in [0.15, 0.2) is 0 Å². The van der Waals surface area contributed by atoms with Gasteiger partial charge < -0.3 is 4.42 Å². The molecule has 0 aromatic heterocycles. The summed E-state index contributed by atoms with van der Waals surface area (Å²) in [5.41, 5.74) is 2.25. The maximum atomic E-state index is 12.3. The topological polar surface area (TPSA) is 105 Å². The molecule has 158 valence electrons. The van der Waals surface area contributed by atoms with Gasteiger partial charge in [-0.15, -0.1) is 9.66 Å². The summed E-state index contributed by atoms with van der Waals surface area (Å²) in [6.07, 6.45) is 1.37. The third-order valence-corrected chi connectivity index (χ3v) is 6.74. The average Bonchev–Trinajstić information content (AvgIpc) is 3.25. The number of benzene rings is 2. The van der Waals surface area contributed by atoms with E-state index in [2.05, 4.69) is 0 Å². The van der Waals surface area contributed by atoms with Gasteiger partial charge in [0.05, 0.1) is 4.90 Å². The zero-order valence-corrected chi connectivity index (χ0v) is 17.7. The summed E-state index contributed by atoms with van der Waals surface area (Å²) in [6.45, 7) is 0. The Morgan fingerprint density at radius 1 is 0.677 bits per heavy atom. The predicted octanol–water partition coefficient (Wildman–Crippen LogP) is 3.84. The SMILES string of the molecule is O=S(=O)(/C=C/c1ccccc1-c1ccc2cccc-2o1)NNS(=O)(=O)c1ccccc1. The van der Waals surface area contributed by atoms with Gasteiger partial charge in [-0.05, 0) is 42.0 Å². The van der Waals surface area contributed by atoms with Gasteiger partial charge in [-0.1, -0.05) is 54.6 Å². The maximum absolute atomic E-state index is 12.3. The van der Waals surface area contributed by atoms with Crippen LogP contribution in [-0.4, -0.2) is 16.8 Å². The van der Waals surface area contributed by atoms with E-state index in [0.717, 1.165) is 16.7 Å². The molecular formula is C22H18N2O5S2. The molecule has 4 rings (SSSR count). The first kappa shape index (κ1) is 21.0. The summed E-state index contributed by atoms with van der Waals surface area (Å²) in [5, 5.41) is 0.889. The second-order valence-corrected chi connectivity index (χ2v) is 9.85. The number of hydrogen-bond donors (Lipinski definition) is 2. The molecule has 2 N–H and O–H groups in total. The Hall–Kier alpha value is -3.24. The fraction of sp³-hybridized carbons (Fsp3) is 0. The highest BCUT2D eigenvalue weighted by Gasteiger charge is 2.16. The van der Waals surface area contributed by atoms with Crippen molar-refractivity contribution in [2.24, 2.45) is 0 Å². The summed E-state index contributed by atoms with van der Waals surface area (Å²) in [4.78, 5) is 3.69. The molecule has 0 spiro atoms. The fourth-order valence-corrected chi connectivity index (χ4v) is 4.88. The number of rotatable bonds is 7. The van der Waals surface area contributed by atoms with Crippen LogP contribution in [-0.2, 0) is 20.0 Å². The van der Waals surface area contributed by atoms with Crippen LogP contribution in [0.5, 0.6) is 0 Å². The first-order valence-electron chi connectivity index (χ1n) is 9.19. The monoisotopic (exact) mass is 454 g/mol. The van der Waals surface area contributed by atoms with E-state index in [9.17, 15) is 16.8 Å². The Bertz CT molecular complexity index is 1410. The van der Waals surface area contributed by atoms with Crippen LogP contribution in [0.2, 0.25) is 0 Å². The lowest BCUT2D eigenvalue weighted by Gasteiger charge is -2.09. The molecule has 0 fully saturated rings. The van der Waals surface area contributed by atoms with Crippen molar-refractivity contribution in [2.75, 3.05) is 0 Å². The van der Waals surface area contributed by atoms with Crippen LogP contribution >= 0.6 is 0 Å². The smallest absolute Gasteiger partial charge is 0.254 e. The van der Waals surface area contributed by atoms with Gasteiger partial charge in [0, 0.05) is 16.5 Å². The third-order valence-electron chi connectivity index (χ3n) is 4.47. The Balaban J connectivity index is 1.55. The predicted molar refractivity (Wildman–Crippen MR) is 119 cm³/mol. The zero-order valence-electron chi connectivity index (χ0n) is 16.1. The number of hydrazine groups is 1. The molecular weight excluding hydrogens is 436 g/mol. The first-order valence-corrected chi connectivity index (χ1v) is 12.2. The molecule has 2 aromatic carbocycles. The summed E-state index contributed by atoms with van der Waals surface area (Å²) < 4.78 is 55.0. The molecule has 0 saturated carbocycles. The van der Waals surface area contributed by atoms with Crippen LogP contribution in [0.25, 0.3) is 28.7 Å². The van der Waals surface area contributed by atoms with Crippen LogP contribution in [0.1, 0.15) is 5.56 Å². The molecule has 0 bridgehead atoms. The van der Waals surface area contributed by atoms with Crippen LogP contribution in [0.15, 0.2) is 99.6 Å². The summed E-state index contributed by atoms with van der Waals surface area (Å²) >= 11 is 0. The molecule has 0 radical (unpaired) electrons. The zero-order chi connectivity index (χ0) is 21.9. The van der Waals surface area contributed by atoms with E-state index in [-0.39, 0.29) is 4.90 Å². The van der Waals surface area contributed by atoms with E-state index in [0.29, 0.717) is 16.9 Å². The fourth-order valence-electron chi connectivity index (χ4n) is 2.95. The van der Waals surface area contributed by atoms with Crippen molar-refractivity contribution in [1.29, 1.82) is 0 Å². The number of hydrogen-bond acceptors (Lipinski definition) is 5. The average molecular weight is 455 g/mol. The second-order valence-electron chi connectivity index (χ2n) is 6.60. The first-order chi connectivity index (χ1) is 14.8. The van der Waals surface area contributed by atoms with Gasteiger partial charge in [0.2, 0.25) is 10.0 Å². The molecule has 0 saturated heterocycles. The molecule has 9 heteroatoms. The van der Waals surface area contributed by atoms with Gasteiger partial charge in [0.1, 0.15) is 11.5 Å². The second kappa shape index (κ2) is 8.48. The molecule has 2 aliphatic rings. The molecule has 0 unspecified atom stereocenters. The molecule has 31 heavy (non-hydrogen) atoms. The number of fused-ring (bicyclic) bond motifs is 1.